The van der Waals surface area contributed by atoms with Gasteiger partial charge in [-0.3, -0.25) is 0 Å². The first-order chi connectivity index (χ1) is 28.3. The Hall–Kier alpha value is -7.48. The van der Waals surface area contributed by atoms with Crippen molar-refractivity contribution in [1.82, 2.24) is 0 Å². The minimum absolute atomic E-state index is 1.08. The summed E-state index contributed by atoms with van der Waals surface area (Å²) in [6.07, 6.45) is 0. The van der Waals surface area contributed by atoms with Crippen LogP contribution in [0.25, 0.3) is 77.2 Å². The third-order valence-electron chi connectivity index (χ3n) is 11.0. The fourth-order valence-electron chi connectivity index (χ4n) is 8.35. The first kappa shape index (κ1) is 34.0. The molecule has 0 spiro atoms. The second-order valence-electron chi connectivity index (χ2n) is 14.5. The molecule has 268 valence electrons. The smallest absolute Gasteiger partial charge is 0.0546 e. The molecule has 0 radical (unpaired) electrons. The van der Waals surface area contributed by atoms with Gasteiger partial charge in [-0.2, -0.15) is 0 Å². The van der Waals surface area contributed by atoms with Gasteiger partial charge >= 0.3 is 0 Å². The molecule has 0 aliphatic heterocycles. The van der Waals surface area contributed by atoms with Gasteiger partial charge in [0.15, 0.2) is 0 Å². The van der Waals surface area contributed by atoms with E-state index in [0.29, 0.717) is 0 Å². The maximum absolute atomic E-state index is 2.46. The number of anilines is 3. The second kappa shape index (κ2) is 15.0. The molecule has 0 atom stereocenters. The van der Waals surface area contributed by atoms with Crippen LogP contribution in [0.15, 0.2) is 237 Å². The Balaban J connectivity index is 1.25. The highest BCUT2D eigenvalue weighted by atomic mass is 15.1. The van der Waals surface area contributed by atoms with Crippen molar-refractivity contribution in [3.8, 4) is 55.6 Å². The predicted octanol–water partition coefficient (Wildman–Crippen LogP) is 15.8. The van der Waals surface area contributed by atoms with Crippen LogP contribution in [-0.2, 0) is 0 Å². The number of nitrogens with zero attached hydrogens (tertiary/aromatic N) is 1. The summed E-state index contributed by atoms with van der Waals surface area (Å²) < 4.78 is 0. The molecule has 10 rings (SSSR count). The molecule has 1 nitrogen and oxygen atoms in total. The summed E-state index contributed by atoms with van der Waals surface area (Å²) in [5.41, 5.74) is 15.1. The number of hydrogen-bond donors (Lipinski definition) is 0. The van der Waals surface area contributed by atoms with Crippen LogP contribution in [0.1, 0.15) is 0 Å². The lowest BCUT2D eigenvalue weighted by Gasteiger charge is -2.30. The van der Waals surface area contributed by atoms with E-state index in [1.807, 2.05) is 0 Å². The molecule has 10 aromatic carbocycles. The van der Waals surface area contributed by atoms with Crippen molar-refractivity contribution < 1.29 is 0 Å². The molecular formula is C56H39N. The average molecular weight is 726 g/mol. The quantitative estimate of drug-likeness (QED) is 0.151. The Morgan fingerprint density at radius 1 is 0.246 bits per heavy atom. The summed E-state index contributed by atoms with van der Waals surface area (Å²) in [6, 6.07) is 85.8. The van der Waals surface area contributed by atoms with Crippen molar-refractivity contribution in [2.45, 2.75) is 0 Å². The zero-order chi connectivity index (χ0) is 38.0. The summed E-state index contributed by atoms with van der Waals surface area (Å²) in [5.74, 6) is 0. The van der Waals surface area contributed by atoms with E-state index in [9.17, 15) is 0 Å². The summed E-state index contributed by atoms with van der Waals surface area (Å²) in [5, 5.41) is 4.94. The van der Waals surface area contributed by atoms with Crippen LogP contribution in [0.4, 0.5) is 17.1 Å². The lowest BCUT2D eigenvalue weighted by molar-refractivity contribution is 1.28. The molecule has 0 heterocycles. The highest BCUT2D eigenvalue weighted by molar-refractivity contribution is 6.02. The van der Waals surface area contributed by atoms with Gasteiger partial charge in [-0.15, -0.1) is 0 Å². The van der Waals surface area contributed by atoms with Gasteiger partial charge in [-0.05, 0) is 108 Å². The first-order valence-corrected chi connectivity index (χ1v) is 19.6. The van der Waals surface area contributed by atoms with E-state index in [2.05, 4.69) is 241 Å². The molecule has 0 unspecified atom stereocenters. The van der Waals surface area contributed by atoms with Gasteiger partial charge in [-0.25, -0.2) is 0 Å². The monoisotopic (exact) mass is 725 g/mol. The Labute approximate surface area is 334 Å². The molecule has 57 heavy (non-hydrogen) atoms. The molecule has 0 bridgehead atoms. The largest absolute Gasteiger partial charge is 0.310 e. The van der Waals surface area contributed by atoms with E-state index < -0.39 is 0 Å². The van der Waals surface area contributed by atoms with Gasteiger partial charge in [-0.1, -0.05) is 200 Å². The minimum atomic E-state index is 1.08. The Morgan fingerprint density at radius 2 is 0.737 bits per heavy atom. The van der Waals surface area contributed by atoms with Crippen molar-refractivity contribution in [1.29, 1.82) is 0 Å². The molecule has 0 N–H and O–H groups in total. The average Bonchev–Trinajstić information content (AvgIpc) is 3.29. The fourth-order valence-corrected chi connectivity index (χ4v) is 8.35. The van der Waals surface area contributed by atoms with Crippen LogP contribution in [0.5, 0.6) is 0 Å². The minimum Gasteiger partial charge on any atom is -0.310 e. The molecular weight excluding hydrogens is 687 g/mol. The summed E-state index contributed by atoms with van der Waals surface area (Å²) in [7, 11) is 0. The fraction of sp³-hybridized carbons (Fsp3) is 0. The lowest BCUT2D eigenvalue weighted by atomic mass is 9.87. The molecule has 0 amide bonds. The van der Waals surface area contributed by atoms with Crippen LogP contribution in [0.2, 0.25) is 0 Å². The van der Waals surface area contributed by atoms with Gasteiger partial charge < -0.3 is 4.90 Å². The van der Waals surface area contributed by atoms with E-state index in [1.54, 1.807) is 0 Å². The third kappa shape index (κ3) is 6.56. The van der Waals surface area contributed by atoms with Crippen molar-refractivity contribution in [3.05, 3.63) is 237 Å². The Bertz CT molecular complexity index is 3010. The molecule has 0 aromatic heterocycles. The Kier molecular flexibility index (Phi) is 8.95. The van der Waals surface area contributed by atoms with Crippen LogP contribution < -0.4 is 4.90 Å². The van der Waals surface area contributed by atoms with E-state index in [4.69, 9.17) is 0 Å². The standard InChI is InChI=1S/C56H39N/c1-3-18-41(19-4-1)51-30-11-12-31-54(51)56-53(43-20-5-2-6-21-43)33-16-34-55(56)57(48-27-13-25-45(38-48)46-36-35-40-17-7-8-23-44(40)37-46)49-28-14-26-47(39-49)52-32-15-24-42-22-9-10-29-50(42)52/h1-39H. The van der Waals surface area contributed by atoms with E-state index >= 15 is 0 Å². The molecule has 0 saturated carbocycles. The number of hydrogen-bond acceptors (Lipinski definition) is 1. The second-order valence-corrected chi connectivity index (χ2v) is 14.5. The molecule has 0 saturated heterocycles. The number of rotatable bonds is 8. The van der Waals surface area contributed by atoms with Crippen molar-refractivity contribution in [2.75, 3.05) is 4.90 Å². The number of benzene rings is 10. The molecule has 0 fully saturated rings. The van der Waals surface area contributed by atoms with Crippen molar-refractivity contribution >= 4 is 38.6 Å². The normalized spacial score (nSPS) is 11.2. The van der Waals surface area contributed by atoms with Gasteiger partial charge in [0.2, 0.25) is 0 Å². The van der Waals surface area contributed by atoms with Crippen molar-refractivity contribution in [3.63, 3.8) is 0 Å². The highest BCUT2D eigenvalue weighted by Gasteiger charge is 2.23. The maximum atomic E-state index is 2.46. The van der Waals surface area contributed by atoms with Crippen LogP contribution in [-0.4, -0.2) is 0 Å². The SMILES string of the molecule is c1ccc(-c2ccccc2-c2c(-c3ccccc3)cccc2N(c2cccc(-c3ccc4ccccc4c3)c2)c2cccc(-c3cccc4ccccc34)c2)cc1. The molecule has 0 aliphatic rings. The van der Waals surface area contributed by atoms with Crippen LogP contribution >= 0.6 is 0 Å². The molecule has 0 aliphatic carbocycles. The Morgan fingerprint density at radius 3 is 1.51 bits per heavy atom. The van der Waals surface area contributed by atoms with Crippen LogP contribution in [0.3, 0.4) is 0 Å². The summed E-state index contributed by atoms with van der Waals surface area (Å²) in [6.45, 7) is 0. The van der Waals surface area contributed by atoms with Gasteiger partial charge in [0.1, 0.15) is 0 Å². The molecule has 1 heteroatoms. The highest BCUT2D eigenvalue weighted by Crippen LogP contribution is 2.49. The summed E-state index contributed by atoms with van der Waals surface area (Å²) >= 11 is 0. The first-order valence-electron chi connectivity index (χ1n) is 19.6. The predicted molar refractivity (Wildman–Crippen MR) is 243 cm³/mol. The van der Waals surface area contributed by atoms with E-state index in [-0.39, 0.29) is 0 Å². The van der Waals surface area contributed by atoms with Gasteiger partial charge in [0, 0.05) is 16.9 Å². The van der Waals surface area contributed by atoms with E-state index in [0.717, 1.165) is 17.1 Å². The van der Waals surface area contributed by atoms with Crippen LogP contribution in [0, 0.1) is 0 Å². The topological polar surface area (TPSA) is 3.24 Å². The lowest BCUT2D eigenvalue weighted by Crippen LogP contribution is -2.12. The van der Waals surface area contributed by atoms with Gasteiger partial charge in [0.25, 0.3) is 0 Å². The summed E-state index contributed by atoms with van der Waals surface area (Å²) in [4.78, 5) is 2.46. The maximum Gasteiger partial charge on any atom is 0.0546 e. The van der Waals surface area contributed by atoms with Crippen molar-refractivity contribution in [2.24, 2.45) is 0 Å². The molecule has 10 aromatic rings. The zero-order valence-corrected chi connectivity index (χ0v) is 31.5. The number of fused-ring (bicyclic) bond motifs is 2. The zero-order valence-electron chi connectivity index (χ0n) is 31.5. The third-order valence-corrected chi connectivity index (χ3v) is 11.0. The van der Waals surface area contributed by atoms with Gasteiger partial charge in [0.05, 0.1) is 5.69 Å². The van der Waals surface area contributed by atoms with E-state index in [1.165, 1.54) is 77.2 Å².